The van der Waals surface area contributed by atoms with E-state index in [0.29, 0.717) is 13.2 Å². The van der Waals surface area contributed by atoms with Crippen molar-refractivity contribution in [3.05, 3.63) is 59.2 Å². The van der Waals surface area contributed by atoms with E-state index < -0.39 is 0 Å². The fourth-order valence-electron chi connectivity index (χ4n) is 2.57. The second-order valence-corrected chi connectivity index (χ2v) is 7.60. The van der Waals surface area contributed by atoms with Crippen molar-refractivity contribution < 1.29 is 9.53 Å². The first-order chi connectivity index (χ1) is 12.3. The molecule has 0 atom stereocenters. The fraction of sp³-hybridized carbons (Fsp3) is 0.409. The second kappa shape index (κ2) is 8.75. The van der Waals surface area contributed by atoms with E-state index in [0.717, 1.165) is 29.0 Å². The maximum absolute atomic E-state index is 12.0. The number of urea groups is 1. The molecule has 0 radical (unpaired) electrons. The van der Waals surface area contributed by atoms with E-state index in [9.17, 15) is 4.79 Å². The monoisotopic (exact) mass is 354 g/mol. The number of carbonyl (C=O) groups is 1. The van der Waals surface area contributed by atoms with E-state index in [1.807, 2.05) is 44.2 Å². The molecule has 0 aliphatic heterocycles. The van der Waals surface area contributed by atoms with E-state index in [2.05, 4.69) is 43.5 Å². The van der Waals surface area contributed by atoms with Gasteiger partial charge in [0.25, 0.3) is 0 Å². The molecule has 2 aromatic rings. The van der Waals surface area contributed by atoms with E-state index in [4.69, 9.17) is 4.74 Å². The molecule has 4 nitrogen and oxygen atoms in total. The quantitative estimate of drug-likeness (QED) is 0.701. The number of nitrogens with one attached hydrogen (secondary N) is 2. The Bertz CT molecular complexity index is 731. The van der Waals surface area contributed by atoms with Gasteiger partial charge < -0.3 is 15.4 Å². The number of aryl methyl sites for hydroxylation is 1. The zero-order valence-corrected chi connectivity index (χ0v) is 16.5. The van der Waals surface area contributed by atoms with Crippen LogP contribution in [0.25, 0.3) is 0 Å². The second-order valence-electron chi connectivity index (χ2n) is 7.60. The molecule has 4 heteroatoms. The predicted molar refractivity (Wildman–Crippen MR) is 108 cm³/mol. The van der Waals surface area contributed by atoms with Gasteiger partial charge in [-0.15, -0.1) is 0 Å². The third-order valence-electron chi connectivity index (χ3n) is 4.45. The van der Waals surface area contributed by atoms with Crippen molar-refractivity contribution in [3.8, 4) is 5.75 Å². The normalized spacial score (nSPS) is 11.1. The van der Waals surface area contributed by atoms with E-state index in [1.54, 1.807) is 0 Å². The number of rotatable bonds is 6. The molecule has 140 valence electrons. The molecule has 2 rings (SSSR count). The third kappa shape index (κ3) is 5.80. The highest BCUT2D eigenvalue weighted by Gasteiger charge is 2.12. The molecular weight excluding hydrogens is 324 g/mol. The molecule has 0 saturated heterocycles. The number of anilines is 1. The van der Waals surface area contributed by atoms with Gasteiger partial charge in [-0.3, -0.25) is 0 Å². The Balaban J connectivity index is 1.69. The van der Waals surface area contributed by atoms with Crippen LogP contribution in [-0.4, -0.2) is 19.2 Å². The molecule has 2 amide bonds. The van der Waals surface area contributed by atoms with Crippen molar-refractivity contribution in [3.63, 3.8) is 0 Å². The number of carbonyl (C=O) groups excluding carboxylic acids is 1. The summed E-state index contributed by atoms with van der Waals surface area (Å²) in [6.45, 7) is 11.7. The lowest BCUT2D eigenvalue weighted by molar-refractivity contribution is 0.250. The lowest BCUT2D eigenvalue weighted by Crippen LogP contribution is -2.30. The molecule has 0 unspecified atom stereocenters. The summed E-state index contributed by atoms with van der Waals surface area (Å²) in [6, 6.07) is 13.9. The zero-order chi connectivity index (χ0) is 19.2. The van der Waals surface area contributed by atoms with Crippen LogP contribution in [0.5, 0.6) is 5.75 Å². The largest absolute Gasteiger partial charge is 0.494 e. The van der Waals surface area contributed by atoms with Gasteiger partial charge in [0.1, 0.15) is 5.75 Å². The van der Waals surface area contributed by atoms with Crippen LogP contribution in [0.1, 0.15) is 43.9 Å². The molecule has 2 aromatic carbocycles. The summed E-state index contributed by atoms with van der Waals surface area (Å²) in [5.41, 5.74) is 4.52. The summed E-state index contributed by atoms with van der Waals surface area (Å²) in [5, 5.41) is 5.75. The average Bonchev–Trinajstić information content (AvgIpc) is 2.58. The number of hydrogen-bond donors (Lipinski definition) is 2. The van der Waals surface area contributed by atoms with Gasteiger partial charge in [0.05, 0.1) is 6.61 Å². The zero-order valence-electron chi connectivity index (χ0n) is 16.5. The summed E-state index contributed by atoms with van der Waals surface area (Å²) in [5.74, 6) is 0.859. The van der Waals surface area contributed by atoms with Gasteiger partial charge in [-0.25, -0.2) is 4.79 Å². The highest BCUT2D eigenvalue weighted by atomic mass is 16.5. The van der Waals surface area contributed by atoms with Gasteiger partial charge in [-0.05, 0) is 60.6 Å². The Labute approximate surface area is 157 Å². The molecule has 26 heavy (non-hydrogen) atoms. The Kier molecular flexibility index (Phi) is 6.67. The summed E-state index contributed by atoms with van der Waals surface area (Å²) >= 11 is 0. The molecular formula is C22H30N2O2. The molecule has 0 fully saturated rings. The highest BCUT2D eigenvalue weighted by molar-refractivity contribution is 5.90. The van der Waals surface area contributed by atoms with Crippen LogP contribution < -0.4 is 15.4 Å². The standard InChI is InChI=1S/C22H30N2O2/c1-16-8-6-9-20(17(16)2)24-21(25)23-14-7-15-26-19-12-10-18(11-13-19)22(3,4)5/h6,8-13H,7,14-15H2,1-5H3,(H2,23,24,25). The molecule has 0 aliphatic rings. The van der Waals surface area contributed by atoms with Gasteiger partial charge >= 0.3 is 6.03 Å². The summed E-state index contributed by atoms with van der Waals surface area (Å²) in [6.07, 6.45) is 0.751. The van der Waals surface area contributed by atoms with Crippen LogP contribution in [0, 0.1) is 13.8 Å². The van der Waals surface area contributed by atoms with E-state index in [-0.39, 0.29) is 11.4 Å². The van der Waals surface area contributed by atoms with Crippen molar-refractivity contribution >= 4 is 11.7 Å². The van der Waals surface area contributed by atoms with Gasteiger partial charge in [0.15, 0.2) is 0 Å². The minimum Gasteiger partial charge on any atom is -0.494 e. The SMILES string of the molecule is Cc1cccc(NC(=O)NCCCOc2ccc(C(C)(C)C)cc2)c1C. The first-order valence-electron chi connectivity index (χ1n) is 9.12. The van der Waals surface area contributed by atoms with E-state index in [1.165, 1.54) is 5.56 Å². The number of amides is 2. The summed E-state index contributed by atoms with van der Waals surface area (Å²) in [7, 11) is 0. The smallest absolute Gasteiger partial charge is 0.319 e. The van der Waals surface area contributed by atoms with Crippen LogP contribution in [-0.2, 0) is 5.41 Å². The Morgan fingerprint density at radius 3 is 2.38 bits per heavy atom. The maximum atomic E-state index is 12.0. The highest BCUT2D eigenvalue weighted by Crippen LogP contribution is 2.24. The number of hydrogen-bond acceptors (Lipinski definition) is 2. The van der Waals surface area contributed by atoms with Crippen molar-refractivity contribution in [1.29, 1.82) is 0 Å². The van der Waals surface area contributed by atoms with Crippen molar-refractivity contribution in [2.45, 2.75) is 46.5 Å². The summed E-state index contributed by atoms with van der Waals surface area (Å²) in [4.78, 5) is 12.0. The van der Waals surface area contributed by atoms with Crippen LogP contribution in [0.15, 0.2) is 42.5 Å². The average molecular weight is 354 g/mol. The molecule has 0 saturated carbocycles. The van der Waals surface area contributed by atoms with Crippen molar-refractivity contribution in [2.75, 3.05) is 18.5 Å². The Morgan fingerprint density at radius 1 is 1.04 bits per heavy atom. The Morgan fingerprint density at radius 2 is 1.73 bits per heavy atom. The van der Waals surface area contributed by atoms with Gasteiger partial charge in [0.2, 0.25) is 0 Å². The van der Waals surface area contributed by atoms with Crippen LogP contribution in [0.2, 0.25) is 0 Å². The van der Waals surface area contributed by atoms with E-state index >= 15 is 0 Å². The van der Waals surface area contributed by atoms with Gasteiger partial charge in [-0.1, -0.05) is 45.0 Å². The summed E-state index contributed by atoms with van der Waals surface area (Å²) < 4.78 is 5.74. The first kappa shape index (κ1) is 19.8. The predicted octanol–water partition coefficient (Wildman–Crippen LogP) is 5.19. The lowest BCUT2D eigenvalue weighted by atomic mass is 9.87. The van der Waals surface area contributed by atoms with Crippen LogP contribution in [0.3, 0.4) is 0 Å². The number of benzene rings is 2. The molecule has 2 N–H and O–H groups in total. The van der Waals surface area contributed by atoms with Crippen molar-refractivity contribution in [2.24, 2.45) is 0 Å². The van der Waals surface area contributed by atoms with Crippen LogP contribution in [0.4, 0.5) is 10.5 Å². The molecule has 0 heterocycles. The number of ether oxygens (including phenoxy) is 1. The Hall–Kier alpha value is -2.49. The minimum absolute atomic E-state index is 0.144. The van der Waals surface area contributed by atoms with Crippen molar-refractivity contribution in [1.82, 2.24) is 5.32 Å². The minimum atomic E-state index is -0.187. The first-order valence-corrected chi connectivity index (χ1v) is 9.12. The molecule has 0 bridgehead atoms. The topological polar surface area (TPSA) is 50.4 Å². The van der Waals surface area contributed by atoms with Gasteiger partial charge in [-0.2, -0.15) is 0 Å². The molecule has 0 aromatic heterocycles. The lowest BCUT2D eigenvalue weighted by Gasteiger charge is -2.19. The molecule has 0 aliphatic carbocycles. The van der Waals surface area contributed by atoms with Gasteiger partial charge in [0, 0.05) is 12.2 Å². The fourth-order valence-corrected chi connectivity index (χ4v) is 2.57. The van der Waals surface area contributed by atoms with Crippen LogP contribution >= 0.6 is 0 Å². The maximum Gasteiger partial charge on any atom is 0.319 e. The third-order valence-corrected chi connectivity index (χ3v) is 4.45. The molecule has 0 spiro atoms.